The van der Waals surface area contributed by atoms with Crippen LogP contribution in [0.1, 0.15) is 38.6 Å². The van der Waals surface area contributed by atoms with E-state index in [0.717, 1.165) is 17.1 Å². The monoisotopic (exact) mass is 483 g/mol. The molecule has 1 aliphatic heterocycles. The summed E-state index contributed by atoms with van der Waals surface area (Å²) in [4.78, 5) is 26.2. The zero-order valence-corrected chi connectivity index (χ0v) is 19.8. The predicted octanol–water partition coefficient (Wildman–Crippen LogP) is 2.23. The number of nitrogens with one attached hydrogen (secondary N) is 1. The van der Waals surface area contributed by atoms with Crippen molar-refractivity contribution in [2.75, 3.05) is 31.5 Å². The van der Waals surface area contributed by atoms with Gasteiger partial charge in [-0.05, 0) is 24.3 Å². The Morgan fingerprint density at radius 2 is 1.69 bits per heavy atom. The Morgan fingerprint density at radius 1 is 1.06 bits per heavy atom. The van der Waals surface area contributed by atoms with E-state index in [-0.39, 0.29) is 61.1 Å². The lowest BCUT2D eigenvalue weighted by Crippen LogP contribution is -2.50. The third-order valence-corrected chi connectivity index (χ3v) is 8.10. The van der Waals surface area contributed by atoms with E-state index in [0.29, 0.717) is 5.13 Å². The number of rotatable bonds is 6. The van der Waals surface area contributed by atoms with Gasteiger partial charge in [0.2, 0.25) is 27.0 Å². The molecular formula is C20H26FN5O4S2. The van der Waals surface area contributed by atoms with Gasteiger partial charge in [-0.2, -0.15) is 4.31 Å². The Balaban J connectivity index is 1.46. The molecule has 0 bridgehead atoms. The molecule has 2 aromatic rings. The maximum atomic E-state index is 13.1. The minimum Gasteiger partial charge on any atom is -0.340 e. The molecule has 32 heavy (non-hydrogen) atoms. The van der Waals surface area contributed by atoms with Crippen LogP contribution >= 0.6 is 11.3 Å². The van der Waals surface area contributed by atoms with Gasteiger partial charge >= 0.3 is 0 Å². The molecule has 1 aromatic carbocycles. The third-order valence-electron chi connectivity index (χ3n) is 4.92. The first-order chi connectivity index (χ1) is 15.0. The molecule has 2 amide bonds. The summed E-state index contributed by atoms with van der Waals surface area (Å²) in [7, 11) is -3.74. The molecule has 2 heterocycles. The average molecular weight is 484 g/mol. The van der Waals surface area contributed by atoms with Crippen LogP contribution in [0.2, 0.25) is 0 Å². The van der Waals surface area contributed by atoms with E-state index in [1.165, 1.54) is 27.8 Å². The Morgan fingerprint density at radius 3 is 2.25 bits per heavy atom. The molecule has 0 unspecified atom stereocenters. The topological polar surface area (TPSA) is 113 Å². The average Bonchev–Trinajstić information content (AvgIpc) is 3.21. The third kappa shape index (κ3) is 5.87. The highest BCUT2D eigenvalue weighted by Crippen LogP contribution is 2.27. The van der Waals surface area contributed by atoms with E-state index < -0.39 is 15.8 Å². The molecule has 174 valence electrons. The van der Waals surface area contributed by atoms with Gasteiger partial charge in [-0.25, -0.2) is 12.8 Å². The Kier molecular flexibility index (Phi) is 7.25. The summed E-state index contributed by atoms with van der Waals surface area (Å²) in [5, 5.41) is 11.9. The quantitative estimate of drug-likeness (QED) is 0.674. The molecule has 0 saturated carbocycles. The lowest BCUT2D eigenvalue weighted by atomic mass is 9.98. The van der Waals surface area contributed by atoms with E-state index in [2.05, 4.69) is 15.5 Å². The number of carbonyl (C=O) groups is 2. The first-order valence-corrected chi connectivity index (χ1v) is 12.4. The van der Waals surface area contributed by atoms with Crippen LogP contribution in [0, 0.1) is 5.82 Å². The van der Waals surface area contributed by atoms with Crippen LogP contribution in [0.3, 0.4) is 0 Å². The maximum absolute atomic E-state index is 13.1. The SMILES string of the molecule is CC(C)(C)c1nnc(NC(=O)CCC(=O)N2CCN(S(=O)(=O)c3ccc(F)cc3)CC2)s1. The number of anilines is 1. The lowest BCUT2D eigenvalue weighted by Gasteiger charge is -2.34. The highest BCUT2D eigenvalue weighted by molar-refractivity contribution is 7.89. The standard InChI is InChI=1S/C20H26FN5O4S2/c1-20(2,3)18-23-24-19(31-18)22-16(27)8-9-17(28)25-10-12-26(13-11-25)32(29,30)15-6-4-14(21)5-7-15/h4-7H,8-13H2,1-3H3,(H,22,24,27). The number of amides is 2. The Labute approximate surface area is 190 Å². The summed E-state index contributed by atoms with van der Waals surface area (Å²) in [5.74, 6) is -1.05. The second-order valence-corrected chi connectivity index (χ2v) is 11.4. The molecule has 12 heteroatoms. The fraction of sp³-hybridized carbons (Fsp3) is 0.500. The van der Waals surface area contributed by atoms with Gasteiger partial charge in [0.25, 0.3) is 0 Å². The smallest absolute Gasteiger partial charge is 0.243 e. The molecule has 0 atom stereocenters. The van der Waals surface area contributed by atoms with Crippen LogP contribution in [0.15, 0.2) is 29.2 Å². The molecule has 9 nitrogen and oxygen atoms in total. The van der Waals surface area contributed by atoms with Crippen LogP contribution in [0.25, 0.3) is 0 Å². The van der Waals surface area contributed by atoms with Crippen LogP contribution in [-0.4, -0.2) is 65.8 Å². The van der Waals surface area contributed by atoms with E-state index in [1.54, 1.807) is 4.90 Å². The Hall–Kier alpha value is -2.44. The number of hydrogen-bond acceptors (Lipinski definition) is 7. The number of benzene rings is 1. The molecular weight excluding hydrogens is 457 g/mol. The maximum Gasteiger partial charge on any atom is 0.243 e. The van der Waals surface area contributed by atoms with Crippen molar-refractivity contribution in [3.8, 4) is 0 Å². The first kappa shape index (κ1) is 24.2. The predicted molar refractivity (Wildman–Crippen MR) is 118 cm³/mol. The van der Waals surface area contributed by atoms with Gasteiger partial charge < -0.3 is 10.2 Å². The van der Waals surface area contributed by atoms with Gasteiger partial charge in [0, 0.05) is 44.4 Å². The summed E-state index contributed by atoms with van der Waals surface area (Å²) < 4.78 is 39.7. The summed E-state index contributed by atoms with van der Waals surface area (Å²) in [6.45, 7) is 6.74. The number of carbonyl (C=O) groups excluding carboxylic acids is 2. The molecule has 0 radical (unpaired) electrons. The first-order valence-electron chi connectivity index (χ1n) is 10.1. The highest BCUT2D eigenvalue weighted by Gasteiger charge is 2.30. The molecule has 1 aliphatic rings. The van der Waals surface area contributed by atoms with Gasteiger partial charge in [0.05, 0.1) is 4.90 Å². The van der Waals surface area contributed by atoms with Gasteiger partial charge in [0.1, 0.15) is 10.8 Å². The van der Waals surface area contributed by atoms with Crippen molar-refractivity contribution in [1.82, 2.24) is 19.4 Å². The lowest BCUT2D eigenvalue weighted by molar-refractivity contribution is -0.133. The molecule has 1 saturated heterocycles. The number of piperazine rings is 1. The van der Waals surface area contributed by atoms with E-state index in [4.69, 9.17) is 0 Å². The van der Waals surface area contributed by atoms with Gasteiger partial charge in [-0.15, -0.1) is 10.2 Å². The largest absolute Gasteiger partial charge is 0.340 e. The number of sulfonamides is 1. The summed E-state index contributed by atoms with van der Waals surface area (Å²) in [5.41, 5.74) is -0.164. The minimum absolute atomic E-state index is 0.00262. The van der Waals surface area contributed by atoms with Gasteiger partial charge in [-0.1, -0.05) is 32.1 Å². The van der Waals surface area contributed by atoms with Crippen molar-refractivity contribution < 1.29 is 22.4 Å². The van der Waals surface area contributed by atoms with E-state index in [9.17, 15) is 22.4 Å². The number of nitrogens with zero attached hydrogens (tertiary/aromatic N) is 4. The zero-order chi connectivity index (χ0) is 23.5. The van der Waals surface area contributed by atoms with E-state index >= 15 is 0 Å². The molecule has 1 fully saturated rings. The van der Waals surface area contributed by atoms with Crippen molar-refractivity contribution >= 4 is 38.3 Å². The van der Waals surface area contributed by atoms with E-state index in [1.807, 2.05) is 20.8 Å². The van der Waals surface area contributed by atoms with Crippen molar-refractivity contribution in [3.63, 3.8) is 0 Å². The fourth-order valence-electron chi connectivity index (χ4n) is 3.07. The number of hydrogen-bond donors (Lipinski definition) is 1. The highest BCUT2D eigenvalue weighted by atomic mass is 32.2. The van der Waals surface area contributed by atoms with Gasteiger partial charge in [-0.3, -0.25) is 9.59 Å². The van der Waals surface area contributed by atoms with Crippen LogP contribution in [0.4, 0.5) is 9.52 Å². The second kappa shape index (κ2) is 9.59. The van der Waals surface area contributed by atoms with Crippen molar-refractivity contribution in [3.05, 3.63) is 35.1 Å². The van der Waals surface area contributed by atoms with Gasteiger partial charge in [0.15, 0.2) is 0 Å². The normalized spacial score (nSPS) is 15.6. The fourth-order valence-corrected chi connectivity index (χ4v) is 5.31. The van der Waals surface area contributed by atoms with Crippen molar-refractivity contribution in [1.29, 1.82) is 0 Å². The molecule has 3 rings (SSSR count). The van der Waals surface area contributed by atoms with Crippen LogP contribution in [-0.2, 0) is 25.0 Å². The Bertz CT molecular complexity index is 1070. The van der Waals surface area contributed by atoms with Crippen LogP contribution < -0.4 is 5.32 Å². The van der Waals surface area contributed by atoms with Crippen LogP contribution in [0.5, 0.6) is 0 Å². The molecule has 1 N–H and O–H groups in total. The van der Waals surface area contributed by atoms with Crippen molar-refractivity contribution in [2.45, 2.75) is 43.9 Å². The molecule has 1 aromatic heterocycles. The summed E-state index contributed by atoms with van der Waals surface area (Å²) >= 11 is 1.30. The van der Waals surface area contributed by atoms with Crippen molar-refractivity contribution in [2.24, 2.45) is 0 Å². The summed E-state index contributed by atoms with van der Waals surface area (Å²) in [6, 6.07) is 4.65. The molecule has 0 spiro atoms. The zero-order valence-electron chi connectivity index (χ0n) is 18.2. The number of halogens is 1. The number of aromatic nitrogens is 2. The summed E-state index contributed by atoms with van der Waals surface area (Å²) in [6.07, 6.45) is 0.0127. The molecule has 0 aliphatic carbocycles. The minimum atomic E-state index is -3.74. The second-order valence-electron chi connectivity index (χ2n) is 8.45.